The number of carbonyl (C=O) groups excluding carboxylic acids is 1. The lowest BCUT2D eigenvalue weighted by Crippen LogP contribution is -2.46. The number of halogens is 2. The van der Waals surface area contributed by atoms with E-state index in [1.165, 1.54) is 31.4 Å². The predicted molar refractivity (Wildman–Crippen MR) is 131 cm³/mol. The summed E-state index contributed by atoms with van der Waals surface area (Å²) in [6.45, 7) is 2.95. The number of carbonyl (C=O) groups is 1. The average molecular weight is 523 g/mol. The number of hydrogen-bond acceptors (Lipinski definition) is 7. The minimum Gasteiger partial charge on any atom is -0.496 e. The summed E-state index contributed by atoms with van der Waals surface area (Å²) in [6, 6.07) is 14.0. The van der Waals surface area contributed by atoms with Gasteiger partial charge in [-0.3, -0.25) is 9.35 Å². The van der Waals surface area contributed by atoms with Gasteiger partial charge in [0.25, 0.3) is 16.0 Å². The van der Waals surface area contributed by atoms with E-state index in [4.69, 9.17) is 26.6 Å². The van der Waals surface area contributed by atoms with Gasteiger partial charge in [-0.1, -0.05) is 11.6 Å². The van der Waals surface area contributed by atoms with Gasteiger partial charge < -0.3 is 20.3 Å². The second-order valence-electron chi connectivity index (χ2n) is 7.49. The number of ether oxygens (including phenoxy) is 1. The van der Waals surface area contributed by atoms with Crippen molar-refractivity contribution >= 4 is 39.1 Å². The van der Waals surface area contributed by atoms with E-state index in [1.54, 1.807) is 30.3 Å². The molecule has 1 aliphatic rings. The molecule has 0 aliphatic carbocycles. The van der Waals surface area contributed by atoms with Crippen molar-refractivity contribution in [3.8, 4) is 5.75 Å². The largest absolute Gasteiger partial charge is 0.496 e. The molecule has 1 amide bonds. The van der Waals surface area contributed by atoms with Gasteiger partial charge in [-0.15, -0.1) is 0 Å². The van der Waals surface area contributed by atoms with Crippen LogP contribution in [0, 0.1) is 5.82 Å². The monoisotopic (exact) mass is 522 g/mol. The normalized spacial score (nSPS) is 13.6. The van der Waals surface area contributed by atoms with Gasteiger partial charge in [-0.2, -0.15) is 8.42 Å². The third-order valence-corrected chi connectivity index (χ3v) is 6.32. The Kier molecular flexibility index (Phi) is 8.49. The van der Waals surface area contributed by atoms with E-state index in [1.807, 2.05) is 4.90 Å². The first kappa shape index (κ1) is 26.2. The fourth-order valence-electron chi connectivity index (χ4n) is 3.43. The fraction of sp³-hybridized carbons (Fsp3) is 0.217. The summed E-state index contributed by atoms with van der Waals surface area (Å²) in [6.07, 6.45) is 1.15. The van der Waals surface area contributed by atoms with Crippen molar-refractivity contribution in [2.45, 2.75) is 4.90 Å². The van der Waals surface area contributed by atoms with E-state index in [0.29, 0.717) is 22.2 Å². The standard InChI is InChI=1S/C15H16FN3O3S.C8H8ClNO2/c16-12-1-3-13(4-2-12)18-7-9-19(10-8-18)15-6-5-14(11-17-15)23(20,21)22;1-12-7-4-5(9)2-3-6(7)8(10)11/h1-6,11H,7-10H2,(H,20,21,22);2-4H,1H3,(H2,10,11). The Morgan fingerprint density at radius 1 is 1.06 bits per heavy atom. The zero-order chi connectivity index (χ0) is 25.6. The number of pyridine rings is 1. The number of hydrogen-bond donors (Lipinski definition) is 2. The lowest BCUT2D eigenvalue weighted by molar-refractivity contribution is 0.0997. The molecular formula is C23H24ClFN4O5S. The average Bonchev–Trinajstić information content (AvgIpc) is 2.84. The molecule has 9 nitrogen and oxygen atoms in total. The van der Waals surface area contributed by atoms with E-state index in [9.17, 15) is 17.6 Å². The number of aromatic nitrogens is 1. The first-order valence-electron chi connectivity index (χ1n) is 10.4. The fourth-order valence-corrected chi connectivity index (χ4v) is 4.01. The highest BCUT2D eigenvalue weighted by molar-refractivity contribution is 7.85. The predicted octanol–water partition coefficient (Wildman–Crippen LogP) is 3.24. The van der Waals surface area contributed by atoms with Crippen LogP contribution < -0.4 is 20.3 Å². The Morgan fingerprint density at radius 2 is 1.69 bits per heavy atom. The molecule has 0 radical (unpaired) electrons. The van der Waals surface area contributed by atoms with Gasteiger partial charge in [-0.25, -0.2) is 9.37 Å². The third-order valence-electron chi connectivity index (χ3n) is 5.24. The van der Waals surface area contributed by atoms with Gasteiger partial charge >= 0.3 is 0 Å². The van der Waals surface area contributed by atoms with E-state index in [-0.39, 0.29) is 10.7 Å². The van der Waals surface area contributed by atoms with Crippen LogP contribution in [0.3, 0.4) is 0 Å². The topological polar surface area (TPSA) is 126 Å². The molecule has 0 unspecified atom stereocenters. The Labute approximate surface area is 207 Å². The molecule has 2 aromatic carbocycles. The van der Waals surface area contributed by atoms with Crippen molar-refractivity contribution < 1.29 is 26.9 Å². The van der Waals surface area contributed by atoms with Crippen LogP contribution >= 0.6 is 11.6 Å². The Hall–Kier alpha value is -3.41. The molecule has 0 bridgehead atoms. The Bertz CT molecular complexity index is 1270. The summed E-state index contributed by atoms with van der Waals surface area (Å²) >= 11 is 5.67. The zero-order valence-corrected chi connectivity index (χ0v) is 20.3. The quantitative estimate of drug-likeness (QED) is 0.489. The van der Waals surface area contributed by atoms with Gasteiger partial charge in [0.2, 0.25) is 0 Å². The van der Waals surface area contributed by atoms with Gasteiger partial charge in [-0.05, 0) is 54.6 Å². The molecule has 1 aromatic heterocycles. The Balaban J connectivity index is 0.000000241. The van der Waals surface area contributed by atoms with E-state index >= 15 is 0 Å². The highest BCUT2D eigenvalue weighted by Crippen LogP contribution is 2.22. The molecule has 2 heterocycles. The molecule has 12 heteroatoms. The first-order valence-corrected chi connectivity index (χ1v) is 12.2. The van der Waals surface area contributed by atoms with E-state index in [2.05, 4.69) is 9.88 Å². The van der Waals surface area contributed by atoms with Crippen LogP contribution in [0.5, 0.6) is 5.75 Å². The number of benzene rings is 2. The number of nitrogens with zero attached hydrogens (tertiary/aromatic N) is 3. The molecule has 1 fully saturated rings. The highest BCUT2D eigenvalue weighted by atomic mass is 35.5. The minimum absolute atomic E-state index is 0.216. The Morgan fingerprint density at radius 3 is 2.20 bits per heavy atom. The molecule has 0 spiro atoms. The smallest absolute Gasteiger partial charge is 0.296 e. The van der Waals surface area contributed by atoms with Crippen LogP contribution in [-0.2, 0) is 10.1 Å². The molecule has 1 aliphatic heterocycles. The van der Waals surface area contributed by atoms with Crippen molar-refractivity contribution in [2.24, 2.45) is 5.73 Å². The van der Waals surface area contributed by atoms with Crippen LogP contribution in [-0.4, -0.2) is 57.2 Å². The van der Waals surface area contributed by atoms with Crippen molar-refractivity contribution in [3.63, 3.8) is 0 Å². The van der Waals surface area contributed by atoms with Crippen molar-refractivity contribution in [1.82, 2.24) is 4.98 Å². The van der Waals surface area contributed by atoms with Crippen LogP contribution in [0.1, 0.15) is 10.4 Å². The maximum atomic E-state index is 13.0. The summed E-state index contributed by atoms with van der Waals surface area (Å²) in [5.41, 5.74) is 6.39. The second-order valence-corrected chi connectivity index (χ2v) is 9.34. The SMILES string of the molecule is COc1cc(Cl)ccc1C(N)=O.O=S(=O)(O)c1ccc(N2CCN(c3ccc(F)cc3)CC2)nc1. The zero-order valence-electron chi connectivity index (χ0n) is 18.8. The molecule has 1 saturated heterocycles. The second kappa shape index (κ2) is 11.3. The summed E-state index contributed by atoms with van der Waals surface area (Å²) in [7, 11) is -2.76. The summed E-state index contributed by atoms with van der Waals surface area (Å²) in [5.74, 6) is 0.283. The maximum absolute atomic E-state index is 13.0. The number of piperazine rings is 1. The summed E-state index contributed by atoms with van der Waals surface area (Å²) in [5, 5.41) is 0.511. The highest BCUT2D eigenvalue weighted by Gasteiger charge is 2.19. The molecule has 0 saturated carbocycles. The van der Waals surface area contributed by atoms with Crippen LogP contribution in [0.15, 0.2) is 65.7 Å². The van der Waals surface area contributed by atoms with Crippen LogP contribution in [0.4, 0.5) is 15.9 Å². The summed E-state index contributed by atoms with van der Waals surface area (Å²) < 4.78 is 48.8. The number of nitrogens with two attached hydrogens (primary N) is 1. The molecule has 35 heavy (non-hydrogen) atoms. The van der Waals surface area contributed by atoms with Crippen molar-refractivity contribution in [2.75, 3.05) is 43.1 Å². The molecule has 4 rings (SSSR count). The number of methoxy groups -OCH3 is 1. The first-order chi connectivity index (χ1) is 16.6. The summed E-state index contributed by atoms with van der Waals surface area (Å²) in [4.78, 5) is 18.9. The molecule has 186 valence electrons. The van der Waals surface area contributed by atoms with Crippen molar-refractivity contribution in [1.29, 1.82) is 0 Å². The van der Waals surface area contributed by atoms with Crippen LogP contribution in [0.25, 0.3) is 0 Å². The van der Waals surface area contributed by atoms with Gasteiger partial charge in [0, 0.05) is 36.9 Å². The molecular weight excluding hydrogens is 499 g/mol. The molecule has 0 atom stereocenters. The number of anilines is 2. The van der Waals surface area contributed by atoms with Crippen LogP contribution in [0.2, 0.25) is 5.02 Å². The van der Waals surface area contributed by atoms with E-state index in [0.717, 1.165) is 38.1 Å². The molecule has 3 N–H and O–H groups in total. The number of amides is 1. The lowest BCUT2D eigenvalue weighted by Gasteiger charge is -2.36. The van der Waals surface area contributed by atoms with Crippen molar-refractivity contribution in [3.05, 3.63) is 77.2 Å². The van der Waals surface area contributed by atoms with Gasteiger partial charge in [0.1, 0.15) is 22.3 Å². The van der Waals surface area contributed by atoms with Gasteiger partial charge in [0.15, 0.2) is 0 Å². The number of primary amides is 1. The third kappa shape index (κ3) is 7.04. The minimum atomic E-state index is -4.22. The van der Waals surface area contributed by atoms with Gasteiger partial charge in [0.05, 0.1) is 18.9 Å². The van der Waals surface area contributed by atoms with E-state index < -0.39 is 16.0 Å². The molecule has 3 aromatic rings. The number of rotatable bonds is 5. The maximum Gasteiger partial charge on any atom is 0.296 e. The lowest BCUT2D eigenvalue weighted by atomic mass is 10.2.